The molecule has 4 N–H and O–H groups in total. The number of primary amides is 1. The maximum absolute atomic E-state index is 14.4. The summed E-state index contributed by atoms with van der Waals surface area (Å²) >= 11 is 1.64. The van der Waals surface area contributed by atoms with Gasteiger partial charge in [-0.2, -0.15) is 4.98 Å². The fourth-order valence-electron chi connectivity index (χ4n) is 8.52. The van der Waals surface area contributed by atoms with Crippen LogP contribution in [-0.4, -0.2) is 99.8 Å². The summed E-state index contributed by atoms with van der Waals surface area (Å²) < 4.78 is 40.5. The summed E-state index contributed by atoms with van der Waals surface area (Å²) in [6.07, 6.45) is 11.3. The molecule has 16 nitrogen and oxygen atoms in total. The van der Waals surface area contributed by atoms with Crippen molar-refractivity contribution in [3.63, 3.8) is 0 Å². The number of alkyl carbamates (subject to hydrolysis) is 1. The Hall–Kier alpha value is -4.71. The number of imidazole rings is 1. The Balaban J connectivity index is 0.985. The zero-order chi connectivity index (χ0) is 45.3. The number of likely N-dealkylation sites (tertiary alicyclic amines) is 1. The van der Waals surface area contributed by atoms with Crippen molar-refractivity contribution in [2.75, 3.05) is 24.5 Å². The zero-order valence-corrected chi connectivity index (χ0v) is 39.1. The van der Waals surface area contributed by atoms with Crippen molar-refractivity contribution in [3.8, 4) is 17.3 Å². The molecule has 0 radical (unpaired) electrons. The van der Waals surface area contributed by atoms with Gasteiger partial charge in [0.15, 0.2) is 5.13 Å². The summed E-state index contributed by atoms with van der Waals surface area (Å²) in [6, 6.07) is 4.42. The number of para-hydroxylation sites is 1. The first-order valence-electron chi connectivity index (χ1n) is 22.5. The van der Waals surface area contributed by atoms with Crippen LogP contribution < -0.4 is 25.4 Å². The Bertz CT molecular complexity index is 2310. The van der Waals surface area contributed by atoms with E-state index < -0.39 is 62.4 Å². The van der Waals surface area contributed by atoms with Gasteiger partial charge >= 0.3 is 6.09 Å². The molecule has 4 heterocycles. The van der Waals surface area contributed by atoms with E-state index in [0.29, 0.717) is 38.1 Å². The number of unbranched alkanes of at least 4 members (excludes halogenated alkanes) is 3. The van der Waals surface area contributed by atoms with Gasteiger partial charge in [0.2, 0.25) is 27.7 Å². The van der Waals surface area contributed by atoms with Gasteiger partial charge in [-0.25, -0.2) is 18.2 Å². The number of nitrogens with zero attached hydrogens (tertiary/aromatic N) is 5. The van der Waals surface area contributed by atoms with Crippen LogP contribution in [0.2, 0.25) is 0 Å². The second kappa shape index (κ2) is 18.8. The van der Waals surface area contributed by atoms with Gasteiger partial charge in [-0.3, -0.25) is 23.7 Å². The van der Waals surface area contributed by atoms with Gasteiger partial charge in [0.25, 0.3) is 6.01 Å². The summed E-state index contributed by atoms with van der Waals surface area (Å²) in [7, 11) is -3.65. The average molecular weight is 909 g/mol. The third-order valence-electron chi connectivity index (χ3n) is 12.5. The molecule has 4 aliphatic rings. The Morgan fingerprint density at radius 2 is 1.79 bits per heavy atom. The lowest BCUT2D eigenvalue weighted by atomic mass is 10.0. The Morgan fingerprint density at radius 1 is 1.05 bits per heavy atom. The molecule has 63 heavy (non-hydrogen) atoms. The largest absolute Gasteiger partial charge is 0.459 e. The molecule has 2 saturated carbocycles. The molecular formula is C45H64N8O8S2. The summed E-state index contributed by atoms with van der Waals surface area (Å²) in [4.78, 5) is 66.7. The van der Waals surface area contributed by atoms with E-state index >= 15 is 0 Å². The molecule has 2 aliphatic heterocycles. The number of aromatic nitrogens is 3. The van der Waals surface area contributed by atoms with Gasteiger partial charge in [0.1, 0.15) is 29.3 Å². The topological polar surface area (TPSA) is 208 Å². The van der Waals surface area contributed by atoms with Crippen LogP contribution in [0.4, 0.5) is 9.93 Å². The molecule has 7 rings (SSSR count). The number of hydrogen-bond acceptors (Lipinski definition) is 12. The minimum atomic E-state index is -3.65. The van der Waals surface area contributed by atoms with E-state index in [4.69, 9.17) is 25.2 Å². The summed E-state index contributed by atoms with van der Waals surface area (Å²) in [5, 5.41) is 5.85. The minimum absolute atomic E-state index is 0.0157. The molecule has 2 aliphatic carbocycles. The van der Waals surface area contributed by atoms with E-state index in [1.165, 1.54) is 11.3 Å². The lowest BCUT2D eigenvalue weighted by molar-refractivity contribution is -0.139. The van der Waals surface area contributed by atoms with E-state index in [1.807, 2.05) is 48.8 Å². The Kier molecular flexibility index (Phi) is 13.8. The molecule has 18 heteroatoms. The highest BCUT2D eigenvalue weighted by molar-refractivity contribution is 7.91. The van der Waals surface area contributed by atoms with Gasteiger partial charge in [0.05, 0.1) is 22.5 Å². The molecule has 3 aromatic rings. The van der Waals surface area contributed by atoms with Gasteiger partial charge < -0.3 is 30.3 Å². The third kappa shape index (κ3) is 11.0. The average Bonchev–Trinajstić information content (AvgIpc) is 3.98. The van der Waals surface area contributed by atoms with Crippen LogP contribution in [0, 0.1) is 11.8 Å². The number of piperidine rings is 1. The standard InChI is InChI=1S/C45H64N8O8S2/c1-28(2)53-35-19-15-17-31(34-27-62-42(47-34)51-22-13-10-14-23-51)37(35)49-41(53)60-30-25-36(38(46)54)52(26-30)40(56)33(48-43(57)61-44(3,4)5)18-12-9-7-8-11-16-29-24-32(29)39(55)50-63(58,59)45(6)20-21-45/h11,15-17,19,27-30,32-33,36H,7-10,12-14,18,20-26H2,1-6H3,(H2,46,54)(H,48,57)(H,50,55)/b16-11-/t29-,30-,32+,33+,36+/m1/s1. The minimum Gasteiger partial charge on any atom is -0.459 e. The van der Waals surface area contributed by atoms with Crippen molar-refractivity contribution in [1.82, 2.24) is 29.5 Å². The number of fused-ring (bicyclic) bond motifs is 1. The predicted molar refractivity (Wildman–Crippen MR) is 243 cm³/mol. The van der Waals surface area contributed by atoms with Crippen molar-refractivity contribution in [1.29, 1.82) is 0 Å². The van der Waals surface area contributed by atoms with E-state index in [-0.39, 0.29) is 30.8 Å². The Morgan fingerprint density at radius 3 is 2.48 bits per heavy atom. The van der Waals surface area contributed by atoms with Crippen molar-refractivity contribution in [2.24, 2.45) is 17.6 Å². The van der Waals surface area contributed by atoms with Crippen LogP contribution in [0.5, 0.6) is 6.01 Å². The number of benzene rings is 1. The number of nitrogens with one attached hydrogen (secondary N) is 2. The maximum Gasteiger partial charge on any atom is 0.408 e. The normalized spacial score (nSPS) is 22.7. The van der Waals surface area contributed by atoms with E-state index in [2.05, 4.69) is 20.3 Å². The lowest BCUT2D eigenvalue weighted by Crippen LogP contribution is -2.53. The molecule has 4 amide bonds. The predicted octanol–water partition coefficient (Wildman–Crippen LogP) is 6.60. The van der Waals surface area contributed by atoms with Gasteiger partial charge in [-0.05, 0) is 111 Å². The van der Waals surface area contributed by atoms with Crippen LogP contribution in [0.1, 0.15) is 125 Å². The number of carbonyl (C=O) groups is 4. The van der Waals surface area contributed by atoms with Crippen LogP contribution >= 0.6 is 11.3 Å². The number of ether oxygens (including phenoxy) is 2. The molecule has 4 fully saturated rings. The number of anilines is 1. The summed E-state index contributed by atoms with van der Waals surface area (Å²) in [6.45, 7) is 13.1. The number of amides is 4. The number of hydrogen-bond donors (Lipinski definition) is 3. The van der Waals surface area contributed by atoms with E-state index in [1.54, 1.807) is 39.0 Å². The molecular weight excluding hydrogens is 845 g/mol. The first kappa shape index (κ1) is 46.3. The molecule has 0 unspecified atom stereocenters. The van der Waals surface area contributed by atoms with Crippen LogP contribution in [-0.2, 0) is 29.1 Å². The molecule has 1 aromatic carbocycles. The van der Waals surface area contributed by atoms with Crippen LogP contribution in [0.15, 0.2) is 35.7 Å². The molecule has 2 aromatic heterocycles. The molecule has 5 atom stereocenters. The maximum atomic E-state index is 14.4. The van der Waals surface area contributed by atoms with Crippen molar-refractivity contribution in [2.45, 2.75) is 153 Å². The van der Waals surface area contributed by atoms with E-state index in [0.717, 1.165) is 72.6 Å². The number of allylic oxidation sites excluding steroid dienone is 2. The number of rotatable bonds is 18. The van der Waals surface area contributed by atoms with Gasteiger partial charge in [-0.1, -0.05) is 37.1 Å². The Labute approximate surface area is 374 Å². The lowest BCUT2D eigenvalue weighted by Gasteiger charge is -2.28. The zero-order valence-electron chi connectivity index (χ0n) is 37.4. The number of sulfonamides is 1. The van der Waals surface area contributed by atoms with Crippen molar-refractivity contribution < 1.29 is 37.1 Å². The molecule has 0 bridgehead atoms. The first-order valence-corrected chi connectivity index (χ1v) is 24.9. The van der Waals surface area contributed by atoms with Crippen molar-refractivity contribution >= 4 is 61.3 Å². The van der Waals surface area contributed by atoms with Gasteiger partial charge in [0, 0.05) is 42.4 Å². The second-order valence-corrected chi connectivity index (χ2v) is 22.2. The highest BCUT2D eigenvalue weighted by Gasteiger charge is 2.52. The highest BCUT2D eigenvalue weighted by Crippen LogP contribution is 2.44. The fourth-order valence-corrected chi connectivity index (χ4v) is 10.7. The molecule has 2 saturated heterocycles. The first-order chi connectivity index (χ1) is 29.8. The summed E-state index contributed by atoms with van der Waals surface area (Å²) in [5.74, 6) is -1.86. The second-order valence-electron chi connectivity index (χ2n) is 19.2. The van der Waals surface area contributed by atoms with E-state index in [9.17, 15) is 27.6 Å². The van der Waals surface area contributed by atoms with Crippen molar-refractivity contribution in [3.05, 3.63) is 35.7 Å². The van der Waals surface area contributed by atoms with Crippen LogP contribution in [0.3, 0.4) is 0 Å². The molecule has 344 valence electrons. The monoisotopic (exact) mass is 908 g/mol. The SMILES string of the molecule is CC(C)n1c(O[C@@H]2C[C@@H](C(N)=O)N(C(=O)[C@H](CCCCC/C=C\[C@@H]3C[C@@H]3C(=O)NS(=O)(=O)C3(C)CC3)NC(=O)OC(C)(C)C)C2)nc2c(-c3csc(N4CCCCC4)n3)cccc21. The fraction of sp³-hybridized carbons (Fsp3) is 0.644. The summed E-state index contributed by atoms with van der Waals surface area (Å²) in [5.41, 5.74) is 8.51. The van der Waals surface area contributed by atoms with Gasteiger partial charge in [-0.15, -0.1) is 11.3 Å². The third-order valence-corrected chi connectivity index (χ3v) is 15.6. The number of thiazole rings is 1. The quantitative estimate of drug-likeness (QED) is 0.0915. The number of carbonyl (C=O) groups excluding carboxylic acids is 4. The highest BCUT2D eigenvalue weighted by atomic mass is 32.2. The van der Waals surface area contributed by atoms with Crippen LogP contribution in [0.25, 0.3) is 22.3 Å². The smallest absolute Gasteiger partial charge is 0.408 e. The molecule has 0 spiro atoms. The number of nitrogens with two attached hydrogens (primary N) is 1.